The number of hydrogen-bond donors (Lipinski definition) is 0. The number of nitriles is 1. The monoisotopic (exact) mass is 523 g/mol. The minimum absolute atomic E-state index is 0.0366. The predicted molar refractivity (Wildman–Crippen MR) is 136 cm³/mol. The third kappa shape index (κ3) is 4.14. The molecule has 0 unspecified atom stereocenters. The zero-order chi connectivity index (χ0) is 26.6. The molecule has 0 bridgehead atoms. The molecule has 1 fully saturated rings. The van der Waals surface area contributed by atoms with Crippen molar-refractivity contribution in [2.45, 2.75) is 19.4 Å². The Morgan fingerprint density at radius 3 is 2.62 bits per heavy atom. The number of benzene rings is 2. The Kier molecular flexibility index (Phi) is 6.22. The topological polar surface area (TPSA) is 83.0 Å². The van der Waals surface area contributed by atoms with Crippen LogP contribution in [0.5, 0.6) is 0 Å². The van der Waals surface area contributed by atoms with E-state index in [1.807, 2.05) is 14.1 Å². The van der Waals surface area contributed by atoms with Gasteiger partial charge in [-0.15, -0.1) is 0 Å². The molecular weight excluding hydrogens is 500 g/mol. The Morgan fingerprint density at radius 1 is 1.22 bits per heavy atom. The number of nitrogens with zero attached hydrogens (tertiary/aromatic N) is 7. The number of carbonyl (C=O) groups is 1. The molecule has 0 radical (unpaired) electrons. The van der Waals surface area contributed by atoms with Gasteiger partial charge in [0.25, 0.3) is 5.91 Å². The minimum Gasteiger partial charge on any atom is -0.336 e. The molecule has 1 aliphatic rings. The first-order chi connectivity index (χ1) is 17.6. The highest BCUT2D eigenvalue weighted by Gasteiger charge is 2.33. The predicted octanol–water partition coefficient (Wildman–Crippen LogP) is 4.31. The van der Waals surface area contributed by atoms with E-state index < -0.39 is 11.6 Å². The van der Waals surface area contributed by atoms with Crippen LogP contribution in [0.15, 0.2) is 30.3 Å². The molecule has 2 aromatic carbocycles. The first-order valence-electron chi connectivity index (χ1n) is 11.7. The summed E-state index contributed by atoms with van der Waals surface area (Å²) in [4.78, 5) is 22.2. The van der Waals surface area contributed by atoms with Crippen molar-refractivity contribution >= 4 is 28.4 Å². The van der Waals surface area contributed by atoms with E-state index in [-0.39, 0.29) is 34.7 Å². The first kappa shape index (κ1) is 24.9. The number of rotatable bonds is 4. The highest BCUT2D eigenvalue weighted by molar-refractivity contribution is 6.34. The number of amides is 1. The van der Waals surface area contributed by atoms with E-state index in [0.717, 1.165) is 12.5 Å². The summed E-state index contributed by atoms with van der Waals surface area (Å²) in [6.07, 6.45) is 0.811. The van der Waals surface area contributed by atoms with Gasteiger partial charge in [-0.25, -0.2) is 13.8 Å². The maximum atomic E-state index is 15.6. The van der Waals surface area contributed by atoms with E-state index in [9.17, 15) is 9.18 Å². The Morgan fingerprint density at radius 2 is 1.97 bits per heavy atom. The van der Waals surface area contributed by atoms with E-state index in [0.29, 0.717) is 40.4 Å². The second kappa shape index (κ2) is 9.25. The number of fused-ring (bicyclic) bond motifs is 1. The molecule has 1 atom stereocenters. The molecule has 11 heteroatoms. The van der Waals surface area contributed by atoms with Crippen LogP contribution in [0.3, 0.4) is 0 Å². The highest BCUT2D eigenvalue weighted by Crippen LogP contribution is 2.34. The van der Waals surface area contributed by atoms with Crippen LogP contribution in [-0.2, 0) is 7.05 Å². The van der Waals surface area contributed by atoms with Gasteiger partial charge in [-0.3, -0.25) is 14.0 Å². The van der Waals surface area contributed by atoms with Gasteiger partial charge in [-0.05, 0) is 51.7 Å². The van der Waals surface area contributed by atoms with Gasteiger partial charge in [0.1, 0.15) is 34.4 Å². The smallest absolute Gasteiger partial charge is 0.272 e. The third-order valence-corrected chi connectivity index (χ3v) is 7.30. The van der Waals surface area contributed by atoms with Crippen LogP contribution in [0.25, 0.3) is 28.0 Å². The molecule has 0 saturated carbocycles. The second-order valence-corrected chi connectivity index (χ2v) is 9.76. The highest BCUT2D eigenvalue weighted by atomic mass is 35.5. The Labute approximate surface area is 217 Å². The first-order valence-corrected chi connectivity index (χ1v) is 12.1. The number of carbonyl (C=O) groups excluding carboxylic acids is 1. The summed E-state index contributed by atoms with van der Waals surface area (Å²) in [5, 5.41) is 14.2. The number of aromatic nitrogens is 4. The number of likely N-dealkylation sites (N-methyl/N-ethyl adjacent to an activating group) is 1. The molecule has 190 valence electrons. The van der Waals surface area contributed by atoms with Crippen molar-refractivity contribution in [1.29, 1.82) is 5.26 Å². The van der Waals surface area contributed by atoms with Crippen molar-refractivity contribution in [3.8, 4) is 23.1 Å². The number of aryl methyl sites for hydroxylation is 2. The van der Waals surface area contributed by atoms with Crippen LogP contribution in [0.1, 0.15) is 28.2 Å². The van der Waals surface area contributed by atoms with Crippen molar-refractivity contribution in [2.24, 2.45) is 7.05 Å². The maximum absolute atomic E-state index is 15.6. The molecule has 37 heavy (non-hydrogen) atoms. The van der Waals surface area contributed by atoms with Gasteiger partial charge in [0.05, 0.1) is 22.5 Å². The molecule has 1 aliphatic heterocycles. The fraction of sp³-hybridized carbons (Fsp3) is 0.308. The molecule has 3 heterocycles. The molecular formula is C26H24ClF2N7O. The van der Waals surface area contributed by atoms with E-state index in [1.165, 1.54) is 33.5 Å². The lowest BCUT2D eigenvalue weighted by atomic mass is 10.1. The molecule has 8 nitrogen and oxygen atoms in total. The Bertz CT molecular complexity index is 1600. The molecule has 5 rings (SSSR count). The normalized spacial score (nSPS) is 15.6. The van der Waals surface area contributed by atoms with Crippen LogP contribution >= 0.6 is 11.6 Å². The number of imidazole rings is 1. The van der Waals surface area contributed by atoms with Crippen molar-refractivity contribution in [2.75, 3.05) is 27.2 Å². The van der Waals surface area contributed by atoms with Gasteiger partial charge in [-0.1, -0.05) is 11.6 Å². The van der Waals surface area contributed by atoms with E-state index in [4.69, 9.17) is 16.9 Å². The van der Waals surface area contributed by atoms with Gasteiger partial charge >= 0.3 is 0 Å². The van der Waals surface area contributed by atoms with Gasteiger partial charge in [-0.2, -0.15) is 10.4 Å². The standard InChI is InChI=1S/C26H24ClF2N7O/c1-14-23(26(37)35-8-7-17(13-35)33(2)3)36(25(31-14)15-5-6-16(12-30)19(28)9-15)22-10-18-21(11-20(22)29)32-34(4)24(18)27/h5-6,9-11,17H,7-8,13H2,1-4H3/t17-/m0/s1. The fourth-order valence-corrected chi connectivity index (χ4v) is 4.99. The molecule has 0 N–H and O–H groups in total. The summed E-state index contributed by atoms with van der Waals surface area (Å²) >= 11 is 6.41. The van der Waals surface area contributed by atoms with Gasteiger partial charge in [0.15, 0.2) is 0 Å². The van der Waals surface area contributed by atoms with Crippen molar-refractivity contribution in [3.05, 3.63) is 64.1 Å². The SMILES string of the molecule is Cc1nc(-c2ccc(C#N)c(F)c2)n(-c2cc3c(Cl)n(C)nc3cc2F)c1C(=O)N1CC[C@H](N(C)C)C1. The summed E-state index contributed by atoms with van der Waals surface area (Å²) in [5.41, 5.74) is 1.11. The number of hydrogen-bond acceptors (Lipinski definition) is 5. The zero-order valence-corrected chi connectivity index (χ0v) is 21.5. The average Bonchev–Trinajstić information content (AvgIpc) is 3.55. The molecule has 1 amide bonds. The lowest BCUT2D eigenvalue weighted by molar-refractivity contribution is 0.0774. The van der Waals surface area contributed by atoms with Crippen molar-refractivity contribution in [1.82, 2.24) is 29.1 Å². The maximum Gasteiger partial charge on any atom is 0.272 e. The van der Waals surface area contributed by atoms with Crippen LogP contribution in [0.2, 0.25) is 5.15 Å². The quantitative estimate of drug-likeness (QED) is 0.398. The van der Waals surface area contributed by atoms with Crippen molar-refractivity contribution < 1.29 is 13.6 Å². The molecule has 0 spiro atoms. The van der Waals surface area contributed by atoms with Gasteiger partial charge in [0, 0.05) is 43.2 Å². The van der Waals surface area contributed by atoms with Crippen LogP contribution in [-0.4, -0.2) is 68.3 Å². The summed E-state index contributed by atoms with van der Waals surface area (Å²) in [7, 11) is 5.58. The summed E-state index contributed by atoms with van der Waals surface area (Å²) in [5.74, 6) is -1.51. The second-order valence-electron chi connectivity index (χ2n) is 9.40. The van der Waals surface area contributed by atoms with E-state index in [1.54, 1.807) is 24.9 Å². The summed E-state index contributed by atoms with van der Waals surface area (Å²) in [6.45, 7) is 2.73. The fourth-order valence-electron chi connectivity index (χ4n) is 4.80. The lowest BCUT2D eigenvalue weighted by Crippen LogP contribution is -2.35. The van der Waals surface area contributed by atoms with Gasteiger partial charge in [0.2, 0.25) is 0 Å². The van der Waals surface area contributed by atoms with E-state index in [2.05, 4.69) is 15.0 Å². The van der Waals surface area contributed by atoms with Crippen LogP contribution < -0.4 is 0 Å². The number of halogens is 3. The van der Waals surface area contributed by atoms with Crippen LogP contribution in [0.4, 0.5) is 8.78 Å². The minimum atomic E-state index is -0.736. The molecule has 4 aromatic rings. The molecule has 1 saturated heterocycles. The molecule has 2 aromatic heterocycles. The molecule has 0 aliphatic carbocycles. The lowest BCUT2D eigenvalue weighted by Gasteiger charge is -2.21. The average molecular weight is 524 g/mol. The van der Waals surface area contributed by atoms with Crippen LogP contribution in [0, 0.1) is 29.9 Å². The Balaban J connectivity index is 1.75. The third-order valence-electron chi connectivity index (χ3n) is 6.85. The number of likely N-dealkylation sites (tertiary alicyclic amines) is 1. The van der Waals surface area contributed by atoms with Gasteiger partial charge < -0.3 is 9.80 Å². The van der Waals surface area contributed by atoms with E-state index >= 15 is 4.39 Å². The zero-order valence-electron chi connectivity index (χ0n) is 20.8. The van der Waals surface area contributed by atoms with Crippen molar-refractivity contribution in [3.63, 3.8) is 0 Å². The largest absolute Gasteiger partial charge is 0.336 e. The Hall–Kier alpha value is -3.81. The summed E-state index contributed by atoms with van der Waals surface area (Å²) < 4.78 is 33.1. The summed E-state index contributed by atoms with van der Waals surface area (Å²) in [6, 6.07) is 8.79.